The van der Waals surface area contributed by atoms with E-state index >= 15 is 0 Å². The van der Waals surface area contributed by atoms with Crippen molar-refractivity contribution in [3.8, 4) is 0 Å². The molecule has 2 atom stereocenters. The third-order valence-electron chi connectivity index (χ3n) is 6.37. The third kappa shape index (κ3) is 2.03. The van der Waals surface area contributed by atoms with E-state index in [1.807, 2.05) is 4.90 Å². The van der Waals surface area contributed by atoms with Crippen LogP contribution in [0, 0.1) is 22.2 Å². The molecule has 1 heteroatoms. The quantitative estimate of drug-likeness (QED) is 0.782. The van der Waals surface area contributed by atoms with Crippen molar-refractivity contribution in [3.63, 3.8) is 0 Å². The molecule has 0 aliphatic heterocycles. The van der Waals surface area contributed by atoms with Gasteiger partial charge in [-0.05, 0) is 69.1 Å². The molecule has 0 aromatic rings. The van der Waals surface area contributed by atoms with E-state index in [1.165, 1.54) is 51.7 Å². The van der Waals surface area contributed by atoms with Gasteiger partial charge in [0.15, 0.2) is 0 Å². The Morgan fingerprint density at radius 2 is 1.44 bits per heavy atom. The van der Waals surface area contributed by atoms with E-state index in [4.69, 9.17) is 0 Å². The van der Waals surface area contributed by atoms with Gasteiger partial charge in [0.2, 0.25) is 0 Å². The van der Waals surface area contributed by atoms with Crippen LogP contribution in [0.25, 0.3) is 0 Å². The lowest BCUT2D eigenvalue weighted by Gasteiger charge is -2.65. The Labute approximate surface area is 113 Å². The van der Waals surface area contributed by atoms with Gasteiger partial charge in [-0.1, -0.05) is 13.8 Å². The summed E-state index contributed by atoms with van der Waals surface area (Å²) in [6.07, 6.45) is 9.23. The summed E-state index contributed by atoms with van der Waals surface area (Å²) in [5.41, 5.74) is 2.10. The van der Waals surface area contributed by atoms with E-state index in [1.54, 1.807) is 6.42 Å². The van der Waals surface area contributed by atoms with Crippen molar-refractivity contribution < 1.29 is 4.90 Å². The van der Waals surface area contributed by atoms with Crippen LogP contribution < -0.4 is 4.90 Å². The minimum atomic E-state index is 0.695. The van der Waals surface area contributed by atoms with Crippen LogP contribution in [-0.2, 0) is 0 Å². The molecule has 4 aliphatic rings. The highest BCUT2D eigenvalue weighted by Crippen LogP contribution is 2.69. The van der Waals surface area contributed by atoms with Crippen molar-refractivity contribution in [2.24, 2.45) is 22.2 Å². The second kappa shape index (κ2) is 3.98. The molecule has 1 nitrogen and oxygen atoms in total. The maximum absolute atomic E-state index is 2.60. The Morgan fingerprint density at radius 3 is 1.89 bits per heavy atom. The summed E-state index contributed by atoms with van der Waals surface area (Å²) in [4.78, 5) is 1.84. The molecule has 0 spiro atoms. The van der Waals surface area contributed by atoms with Gasteiger partial charge < -0.3 is 4.90 Å². The van der Waals surface area contributed by atoms with Crippen LogP contribution in [0.1, 0.15) is 66.2 Å². The van der Waals surface area contributed by atoms with Crippen LogP contribution >= 0.6 is 0 Å². The average molecular weight is 250 g/mol. The summed E-state index contributed by atoms with van der Waals surface area (Å²) in [5.74, 6) is 1.06. The first-order valence-electron chi connectivity index (χ1n) is 8.24. The second-order valence-corrected chi connectivity index (χ2v) is 8.76. The lowest BCUT2D eigenvalue weighted by molar-refractivity contribution is -0.904. The van der Waals surface area contributed by atoms with Crippen LogP contribution in [-0.4, -0.2) is 19.6 Å². The van der Waals surface area contributed by atoms with Crippen LogP contribution in [0.5, 0.6) is 0 Å². The average Bonchev–Trinajstić information content (AvgIpc) is 2.20. The molecule has 4 fully saturated rings. The number of hydrogen-bond acceptors (Lipinski definition) is 0. The number of rotatable bonds is 4. The van der Waals surface area contributed by atoms with Crippen molar-refractivity contribution in [3.05, 3.63) is 0 Å². The zero-order valence-corrected chi connectivity index (χ0v) is 12.9. The summed E-state index contributed by atoms with van der Waals surface area (Å²) in [7, 11) is 0. The fraction of sp³-hybridized carbons (Fsp3) is 1.00. The van der Waals surface area contributed by atoms with Crippen molar-refractivity contribution in [2.45, 2.75) is 66.2 Å². The molecular formula is C17H32N+. The predicted molar refractivity (Wildman–Crippen MR) is 76.8 cm³/mol. The summed E-state index contributed by atoms with van der Waals surface area (Å²) < 4.78 is 0. The Bertz CT molecular complexity index is 313. The maximum atomic E-state index is 2.60. The van der Waals surface area contributed by atoms with Gasteiger partial charge in [0.05, 0.1) is 19.6 Å². The largest absolute Gasteiger partial charge is 0.335 e. The topological polar surface area (TPSA) is 4.44 Å². The van der Waals surface area contributed by atoms with Gasteiger partial charge in [-0.2, -0.15) is 0 Å². The van der Waals surface area contributed by atoms with Crippen LogP contribution in [0.15, 0.2) is 0 Å². The zero-order chi connectivity index (χ0) is 13.0. The summed E-state index contributed by atoms with van der Waals surface area (Å²) >= 11 is 0. The minimum absolute atomic E-state index is 0.695. The molecular weight excluding hydrogens is 218 g/mol. The molecule has 104 valence electrons. The van der Waals surface area contributed by atoms with Gasteiger partial charge in [-0.25, -0.2) is 0 Å². The zero-order valence-electron chi connectivity index (χ0n) is 12.9. The number of quaternary nitrogens is 1. The first kappa shape index (κ1) is 13.0. The molecule has 0 saturated heterocycles. The van der Waals surface area contributed by atoms with Crippen LogP contribution in [0.3, 0.4) is 0 Å². The summed E-state index contributed by atoms with van der Waals surface area (Å²) in [6, 6.07) is 0. The monoisotopic (exact) mass is 250 g/mol. The Hall–Kier alpha value is -0.0400. The van der Waals surface area contributed by atoms with E-state index in [2.05, 4.69) is 27.7 Å². The van der Waals surface area contributed by atoms with Crippen molar-refractivity contribution >= 4 is 0 Å². The van der Waals surface area contributed by atoms with E-state index in [-0.39, 0.29) is 0 Å². The molecule has 0 heterocycles. The highest BCUT2D eigenvalue weighted by atomic mass is 15.1. The molecule has 2 unspecified atom stereocenters. The molecule has 0 aromatic carbocycles. The minimum Gasteiger partial charge on any atom is -0.335 e. The fourth-order valence-corrected chi connectivity index (χ4v) is 6.91. The molecule has 4 saturated carbocycles. The standard InChI is InChI=1S/C17H31N/c1-5-18(6-2)13-17-9-14-7-15(3,11-17)10-16(4,8-14)12-17/h14H,5-13H2,1-4H3/p+1. The van der Waals surface area contributed by atoms with Crippen molar-refractivity contribution in [1.82, 2.24) is 0 Å². The van der Waals surface area contributed by atoms with E-state index in [0.29, 0.717) is 16.2 Å². The van der Waals surface area contributed by atoms with Crippen LogP contribution in [0.2, 0.25) is 0 Å². The van der Waals surface area contributed by atoms with Crippen molar-refractivity contribution in [1.29, 1.82) is 0 Å². The smallest absolute Gasteiger partial charge is 0.0828 e. The second-order valence-electron chi connectivity index (χ2n) is 8.76. The molecule has 4 aliphatic carbocycles. The van der Waals surface area contributed by atoms with Gasteiger partial charge >= 0.3 is 0 Å². The van der Waals surface area contributed by atoms with Crippen LogP contribution in [0.4, 0.5) is 0 Å². The van der Waals surface area contributed by atoms with E-state index in [9.17, 15) is 0 Å². The summed E-state index contributed by atoms with van der Waals surface area (Å²) in [6.45, 7) is 14.0. The molecule has 18 heavy (non-hydrogen) atoms. The van der Waals surface area contributed by atoms with Gasteiger partial charge in [0, 0.05) is 5.41 Å². The Kier molecular flexibility index (Phi) is 2.86. The van der Waals surface area contributed by atoms with Gasteiger partial charge in [0.25, 0.3) is 0 Å². The molecule has 0 radical (unpaired) electrons. The third-order valence-corrected chi connectivity index (χ3v) is 6.37. The molecule has 4 bridgehead atoms. The van der Waals surface area contributed by atoms with E-state index in [0.717, 1.165) is 5.92 Å². The normalized spacial score (nSPS) is 50.2. The fourth-order valence-electron chi connectivity index (χ4n) is 6.91. The first-order chi connectivity index (χ1) is 8.40. The number of nitrogens with one attached hydrogen (secondary N) is 1. The maximum Gasteiger partial charge on any atom is 0.0828 e. The van der Waals surface area contributed by atoms with Gasteiger partial charge in [-0.15, -0.1) is 0 Å². The van der Waals surface area contributed by atoms with E-state index < -0.39 is 0 Å². The first-order valence-corrected chi connectivity index (χ1v) is 8.24. The highest BCUT2D eigenvalue weighted by Gasteiger charge is 2.60. The SMILES string of the molecule is CC[NH+](CC)CC12CC3CC(C)(CC(C)(C3)C1)C2. The molecule has 1 N–H and O–H groups in total. The Morgan fingerprint density at radius 1 is 0.889 bits per heavy atom. The number of hydrogen-bond donors (Lipinski definition) is 1. The summed E-state index contributed by atoms with van der Waals surface area (Å²) in [5, 5.41) is 0. The lowest BCUT2D eigenvalue weighted by atomic mass is 9.40. The highest BCUT2D eigenvalue weighted by molar-refractivity contribution is 5.10. The van der Waals surface area contributed by atoms with Gasteiger partial charge in [0.1, 0.15) is 0 Å². The van der Waals surface area contributed by atoms with Gasteiger partial charge in [-0.3, -0.25) is 0 Å². The molecule has 4 rings (SSSR count). The molecule has 0 aromatic heterocycles. The lowest BCUT2D eigenvalue weighted by Crippen LogP contribution is -3.13. The molecule has 0 amide bonds. The Balaban J connectivity index is 1.84. The predicted octanol–water partition coefficient (Wildman–Crippen LogP) is 2.91. The van der Waals surface area contributed by atoms with Crippen molar-refractivity contribution in [2.75, 3.05) is 19.6 Å².